The van der Waals surface area contributed by atoms with Crippen LogP contribution in [0.2, 0.25) is 0 Å². The summed E-state index contributed by atoms with van der Waals surface area (Å²) in [6, 6.07) is 5.98. The molecular weight excluding hydrogens is 317 g/mol. The quantitative estimate of drug-likeness (QED) is 0.751. The third-order valence-electron chi connectivity index (χ3n) is 4.76. The zero-order valence-corrected chi connectivity index (χ0v) is 14.6. The van der Waals surface area contributed by atoms with Crippen LogP contribution in [0.15, 0.2) is 36.7 Å². The lowest BCUT2D eigenvalue weighted by atomic mass is 9.84. The Labute approximate surface area is 147 Å². The van der Waals surface area contributed by atoms with E-state index in [4.69, 9.17) is 0 Å². The molecule has 2 heterocycles. The normalized spacial score (nSPS) is 19.3. The highest BCUT2D eigenvalue weighted by Gasteiger charge is 2.39. The molecule has 1 aliphatic heterocycles. The van der Waals surface area contributed by atoms with E-state index in [-0.39, 0.29) is 23.2 Å². The SMILES string of the molecule is CN1C(=O)[C@H](c2ncc(C#Cc3ccc(F)cc3)cn2)CCC1(C)C. The Morgan fingerprint density at radius 1 is 1.12 bits per heavy atom. The molecule has 5 heteroatoms. The second kappa shape index (κ2) is 6.64. The van der Waals surface area contributed by atoms with Crippen LogP contribution < -0.4 is 0 Å². The minimum atomic E-state index is -0.294. The number of amides is 1. The van der Waals surface area contributed by atoms with Gasteiger partial charge in [-0.05, 0) is 51.0 Å². The van der Waals surface area contributed by atoms with Crippen molar-refractivity contribution < 1.29 is 9.18 Å². The van der Waals surface area contributed by atoms with Gasteiger partial charge >= 0.3 is 0 Å². The highest BCUT2D eigenvalue weighted by molar-refractivity contribution is 5.84. The fourth-order valence-electron chi connectivity index (χ4n) is 2.82. The monoisotopic (exact) mass is 337 g/mol. The molecule has 0 spiro atoms. The van der Waals surface area contributed by atoms with Gasteiger partial charge in [-0.15, -0.1) is 0 Å². The number of hydrogen-bond donors (Lipinski definition) is 0. The Balaban J connectivity index is 1.75. The second-order valence-corrected chi connectivity index (χ2v) is 6.89. The fraction of sp³-hybridized carbons (Fsp3) is 0.350. The third-order valence-corrected chi connectivity index (χ3v) is 4.76. The number of likely N-dealkylation sites (tertiary alicyclic amines) is 1. The van der Waals surface area contributed by atoms with Crippen LogP contribution in [0.3, 0.4) is 0 Å². The van der Waals surface area contributed by atoms with Crippen LogP contribution in [-0.4, -0.2) is 33.4 Å². The Kier molecular flexibility index (Phi) is 4.54. The smallest absolute Gasteiger partial charge is 0.233 e. The van der Waals surface area contributed by atoms with E-state index >= 15 is 0 Å². The minimum Gasteiger partial charge on any atom is -0.340 e. The van der Waals surface area contributed by atoms with Crippen LogP contribution >= 0.6 is 0 Å². The molecule has 1 aromatic heterocycles. The van der Waals surface area contributed by atoms with Gasteiger partial charge in [-0.2, -0.15) is 0 Å². The molecule has 2 aromatic rings. The van der Waals surface area contributed by atoms with Gasteiger partial charge in [-0.3, -0.25) is 4.79 Å². The van der Waals surface area contributed by atoms with Crippen molar-refractivity contribution in [3.05, 3.63) is 59.4 Å². The largest absolute Gasteiger partial charge is 0.340 e. The first-order valence-electron chi connectivity index (χ1n) is 8.24. The molecule has 25 heavy (non-hydrogen) atoms. The van der Waals surface area contributed by atoms with E-state index in [9.17, 15) is 9.18 Å². The van der Waals surface area contributed by atoms with Crippen molar-refractivity contribution >= 4 is 5.91 Å². The van der Waals surface area contributed by atoms with Crippen molar-refractivity contribution in [3.63, 3.8) is 0 Å². The third kappa shape index (κ3) is 3.69. The zero-order chi connectivity index (χ0) is 18.0. The number of carbonyl (C=O) groups is 1. The lowest BCUT2D eigenvalue weighted by Crippen LogP contribution is -2.51. The van der Waals surface area contributed by atoms with E-state index in [1.165, 1.54) is 12.1 Å². The Hall–Kier alpha value is -2.74. The lowest BCUT2D eigenvalue weighted by Gasteiger charge is -2.42. The van der Waals surface area contributed by atoms with Crippen molar-refractivity contribution in [2.75, 3.05) is 7.05 Å². The van der Waals surface area contributed by atoms with E-state index in [2.05, 4.69) is 35.7 Å². The first kappa shape index (κ1) is 17.1. The molecule has 0 unspecified atom stereocenters. The van der Waals surface area contributed by atoms with E-state index in [0.717, 1.165) is 18.4 Å². The van der Waals surface area contributed by atoms with Gasteiger partial charge in [-0.1, -0.05) is 11.8 Å². The van der Waals surface area contributed by atoms with Crippen molar-refractivity contribution in [3.8, 4) is 11.8 Å². The van der Waals surface area contributed by atoms with Crippen molar-refractivity contribution in [2.24, 2.45) is 0 Å². The van der Waals surface area contributed by atoms with Crippen LogP contribution in [0.25, 0.3) is 0 Å². The van der Waals surface area contributed by atoms with Crippen molar-refractivity contribution in [1.29, 1.82) is 0 Å². The van der Waals surface area contributed by atoms with Gasteiger partial charge in [0.1, 0.15) is 11.6 Å². The molecule has 0 aliphatic carbocycles. The number of halogens is 1. The standard InChI is InChI=1S/C20H20FN3O/c1-20(2)11-10-17(19(25)24(20)3)18-22-12-15(13-23-18)5-4-14-6-8-16(21)9-7-14/h6-9,12-13,17H,10-11H2,1-3H3/t17-/m0/s1. The van der Waals surface area contributed by atoms with Crippen LogP contribution in [0, 0.1) is 17.7 Å². The van der Waals surface area contributed by atoms with E-state index in [1.54, 1.807) is 29.4 Å². The van der Waals surface area contributed by atoms with Crippen molar-refractivity contribution in [1.82, 2.24) is 14.9 Å². The molecule has 0 bridgehead atoms. The van der Waals surface area contributed by atoms with Gasteiger partial charge in [0, 0.05) is 30.5 Å². The zero-order valence-electron chi connectivity index (χ0n) is 14.6. The number of nitrogens with zero attached hydrogens (tertiary/aromatic N) is 3. The molecule has 1 amide bonds. The van der Waals surface area contributed by atoms with Gasteiger partial charge < -0.3 is 4.90 Å². The number of likely N-dealkylation sites (N-methyl/N-ethyl adjacent to an activating group) is 1. The first-order chi connectivity index (χ1) is 11.9. The number of hydrogen-bond acceptors (Lipinski definition) is 3. The van der Waals surface area contributed by atoms with Crippen LogP contribution in [0.5, 0.6) is 0 Å². The van der Waals surface area contributed by atoms with Crippen LogP contribution in [-0.2, 0) is 4.79 Å². The molecule has 1 aromatic carbocycles. The average molecular weight is 337 g/mol. The van der Waals surface area contributed by atoms with Crippen molar-refractivity contribution in [2.45, 2.75) is 38.1 Å². The summed E-state index contributed by atoms with van der Waals surface area (Å²) in [5.74, 6) is 5.91. The summed E-state index contributed by atoms with van der Waals surface area (Å²) in [5.41, 5.74) is 1.25. The maximum absolute atomic E-state index is 12.9. The summed E-state index contributed by atoms with van der Waals surface area (Å²) in [4.78, 5) is 23.0. The summed E-state index contributed by atoms with van der Waals surface area (Å²) in [7, 11) is 1.83. The molecule has 1 atom stereocenters. The Bertz CT molecular complexity index is 832. The number of carbonyl (C=O) groups excluding carboxylic acids is 1. The summed E-state index contributed by atoms with van der Waals surface area (Å²) >= 11 is 0. The number of aromatic nitrogens is 2. The highest BCUT2D eigenvalue weighted by atomic mass is 19.1. The molecule has 1 aliphatic rings. The Morgan fingerprint density at radius 3 is 2.36 bits per heavy atom. The molecule has 0 radical (unpaired) electrons. The van der Waals surface area contributed by atoms with E-state index in [0.29, 0.717) is 11.4 Å². The molecule has 4 nitrogen and oxygen atoms in total. The summed E-state index contributed by atoms with van der Waals surface area (Å²) in [6.45, 7) is 4.13. The maximum Gasteiger partial charge on any atom is 0.233 e. The molecule has 1 fully saturated rings. The topological polar surface area (TPSA) is 46.1 Å². The molecule has 0 N–H and O–H groups in total. The van der Waals surface area contributed by atoms with Gasteiger partial charge in [0.05, 0.1) is 11.5 Å². The summed E-state index contributed by atoms with van der Waals surface area (Å²) in [6.07, 6.45) is 4.92. The molecular formula is C20H20FN3O. The van der Waals surface area contributed by atoms with Gasteiger partial charge in [0.15, 0.2) is 0 Å². The summed E-state index contributed by atoms with van der Waals surface area (Å²) in [5, 5.41) is 0. The minimum absolute atomic E-state index is 0.0568. The molecule has 0 saturated carbocycles. The first-order valence-corrected chi connectivity index (χ1v) is 8.24. The number of rotatable bonds is 1. The molecule has 128 valence electrons. The number of benzene rings is 1. The lowest BCUT2D eigenvalue weighted by molar-refractivity contribution is -0.140. The van der Waals surface area contributed by atoms with Gasteiger partial charge in [-0.25, -0.2) is 14.4 Å². The summed E-state index contributed by atoms with van der Waals surface area (Å²) < 4.78 is 12.9. The van der Waals surface area contributed by atoms with Crippen LogP contribution in [0.1, 0.15) is 49.6 Å². The highest BCUT2D eigenvalue weighted by Crippen LogP contribution is 2.34. The predicted molar refractivity (Wildman–Crippen MR) is 93.2 cm³/mol. The van der Waals surface area contributed by atoms with E-state index < -0.39 is 0 Å². The predicted octanol–water partition coefficient (Wildman–Crippen LogP) is 3.13. The fourth-order valence-corrected chi connectivity index (χ4v) is 2.82. The van der Waals surface area contributed by atoms with Gasteiger partial charge in [0.2, 0.25) is 5.91 Å². The molecule has 3 rings (SSSR count). The van der Waals surface area contributed by atoms with Gasteiger partial charge in [0.25, 0.3) is 0 Å². The maximum atomic E-state index is 12.9. The average Bonchev–Trinajstić information content (AvgIpc) is 2.60. The number of piperidine rings is 1. The van der Waals surface area contributed by atoms with Crippen LogP contribution in [0.4, 0.5) is 4.39 Å². The Morgan fingerprint density at radius 2 is 1.72 bits per heavy atom. The molecule has 1 saturated heterocycles. The van der Waals surface area contributed by atoms with E-state index in [1.807, 2.05) is 7.05 Å². The second-order valence-electron chi connectivity index (χ2n) is 6.89.